The number of amides is 1. The maximum atomic E-state index is 12.2. The first-order valence-corrected chi connectivity index (χ1v) is 9.04. The van der Waals surface area contributed by atoms with E-state index in [-0.39, 0.29) is 12.5 Å². The van der Waals surface area contributed by atoms with Crippen LogP contribution in [0.15, 0.2) is 60.7 Å². The lowest BCUT2D eigenvalue weighted by Gasteiger charge is -2.11. The van der Waals surface area contributed by atoms with Crippen LogP contribution in [-0.2, 0) is 9.53 Å². The monoisotopic (exact) mass is 365 g/mol. The molecule has 0 aliphatic heterocycles. The second kappa shape index (κ2) is 7.97. The number of anilines is 1. The second-order valence-corrected chi connectivity index (χ2v) is 7.32. The lowest BCUT2D eigenvalue weighted by atomic mass is 10.0. The van der Waals surface area contributed by atoms with E-state index in [0.717, 1.165) is 20.9 Å². The highest BCUT2D eigenvalue weighted by Crippen LogP contribution is 2.27. The molecule has 0 bridgehead atoms. The first-order valence-electron chi connectivity index (χ1n) is 8.23. The normalized spacial score (nSPS) is 10.4. The van der Waals surface area contributed by atoms with Gasteiger partial charge >= 0.3 is 5.97 Å². The van der Waals surface area contributed by atoms with Crippen molar-refractivity contribution in [3.63, 3.8) is 0 Å². The Balaban J connectivity index is 1.66. The van der Waals surface area contributed by atoms with Gasteiger partial charge in [0.15, 0.2) is 6.61 Å². The minimum absolute atomic E-state index is 0.323. The van der Waals surface area contributed by atoms with Crippen LogP contribution in [0.4, 0.5) is 5.69 Å². The number of hydrogen-bond acceptors (Lipinski definition) is 4. The molecule has 0 spiro atoms. The number of carbonyl (C=O) groups is 2. The Morgan fingerprint density at radius 1 is 1.00 bits per heavy atom. The van der Waals surface area contributed by atoms with E-state index < -0.39 is 5.97 Å². The number of nitrogens with one attached hydrogen (secondary N) is 1. The highest BCUT2D eigenvalue weighted by Gasteiger charge is 2.15. The molecule has 0 saturated heterocycles. The average Bonchev–Trinajstić information content (AvgIpc) is 2.99. The van der Waals surface area contributed by atoms with Crippen molar-refractivity contribution in [3.05, 3.63) is 76.0 Å². The topological polar surface area (TPSA) is 55.4 Å². The highest BCUT2D eigenvalue weighted by molar-refractivity contribution is 7.12. The summed E-state index contributed by atoms with van der Waals surface area (Å²) in [6.07, 6.45) is 0. The Hall–Kier alpha value is -2.92. The molecule has 1 heterocycles. The van der Waals surface area contributed by atoms with Crippen LogP contribution in [0.5, 0.6) is 0 Å². The van der Waals surface area contributed by atoms with Gasteiger partial charge in [-0.1, -0.05) is 48.5 Å². The van der Waals surface area contributed by atoms with Gasteiger partial charge in [-0.25, -0.2) is 4.79 Å². The van der Waals surface area contributed by atoms with E-state index >= 15 is 0 Å². The molecule has 26 heavy (non-hydrogen) atoms. The lowest BCUT2D eigenvalue weighted by molar-refractivity contribution is -0.119. The maximum absolute atomic E-state index is 12.2. The summed E-state index contributed by atoms with van der Waals surface area (Å²) in [4.78, 5) is 26.3. The number of esters is 1. The number of aryl methyl sites for hydroxylation is 2. The summed E-state index contributed by atoms with van der Waals surface area (Å²) >= 11 is 1.53. The molecule has 0 atom stereocenters. The van der Waals surface area contributed by atoms with Gasteiger partial charge in [0.05, 0.1) is 5.56 Å². The van der Waals surface area contributed by atoms with E-state index in [9.17, 15) is 9.59 Å². The van der Waals surface area contributed by atoms with Gasteiger partial charge in [0, 0.05) is 21.0 Å². The van der Waals surface area contributed by atoms with Crippen molar-refractivity contribution < 1.29 is 14.3 Å². The molecule has 0 aliphatic carbocycles. The van der Waals surface area contributed by atoms with Crippen LogP contribution in [0.3, 0.4) is 0 Å². The Kier molecular flexibility index (Phi) is 5.49. The first-order chi connectivity index (χ1) is 12.5. The fourth-order valence-electron chi connectivity index (χ4n) is 2.69. The SMILES string of the molecule is Cc1cc(C(=O)OCC(=O)Nc2ccccc2-c2ccccc2)c(C)s1. The molecule has 0 aliphatic rings. The molecule has 3 aromatic rings. The fraction of sp³-hybridized carbons (Fsp3) is 0.143. The third-order valence-corrected chi connectivity index (χ3v) is 4.85. The van der Waals surface area contributed by atoms with Crippen molar-refractivity contribution in [2.75, 3.05) is 11.9 Å². The summed E-state index contributed by atoms with van der Waals surface area (Å²) in [5.74, 6) is -0.843. The van der Waals surface area contributed by atoms with Crippen LogP contribution in [0.2, 0.25) is 0 Å². The first kappa shape index (κ1) is 17.9. The molecular weight excluding hydrogens is 346 g/mol. The van der Waals surface area contributed by atoms with Crippen LogP contribution in [0.25, 0.3) is 11.1 Å². The standard InChI is InChI=1S/C21H19NO3S/c1-14-12-18(15(2)26-14)21(24)25-13-20(23)22-19-11-7-6-10-17(19)16-8-4-3-5-9-16/h3-12H,13H2,1-2H3,(H,22,23). The zero-order chi connectivity index (χ0) is 18.5. The van der Waals surface area contributed by atoms with Gasteiger partial charge in [0.2, 0.25) is 0 Å². The molecule has 132 valence electrons. The number of carbonyl (C=O) groups excluding carboxylic acids is 2. The van der Waals surface area contributed by atoms with Crippen LogP contribution in [-0.4, -0.2) is 18.5 Å². The third kappa shape index (κ3) is 4.18. The Labute approximate surface area is 156 Å². The number of ether oxygens (including phenoxy) is 1. The molecule has 0 saturated carbocycles. The van der Waals surface area contributed by atoms with Crippen LogP contribution in [0.1, 0.15) is 20.1 Å². The van der Waals surface area contributed by atoms with Crippen molar-refractivity contribution in [1.82, 2.24) is 0 Å². The molecule has 4 nitrogen and oxygen atoms in total. The minimum Gasteiger partial charge on any atom is -0.452 e. The molecule has 5 heteroatoms. The zero-order valence-corrected chi connectivity index (χ0v) is 15.4. The third-order valence-electron chi connectivity index (χ3n) is 3.88. The predicted molar refractivity (Wildman–Crippen MR) is 105 cm³/mol. The largest absolute Gasteiger partial charge is 0.452 e. The molecule has 1 N–H and O–H groups in total. The average molecular weight is 365 g/mol. The van der Waals surface area contributed by atoms with Crippen molar-refractivity contribution in [2.24, 2.45) is 0 Å². The molecule has 0 unspecified atom stereocenters. The summed E-state index contributed by atoms with van der Waals surface area (Å²) in [6, 6.07) is 19.1. The molecule has 1 amide bonds. The van der Waals surface area contributed by atoms with Crippen molar-refractivity contribution in [1.29, 1.82) is 0 Å². The fourth-order valence-corrected chi connectivity index (χ4v) is 3.60. The number of rotatable bonds is 5. The van der Waals surface area contributed by atoms with Gasteiger partial charge in [-0.2, -0.15) is 0 Å². The minimum atomic E-state index is -0.474. The molecule has 1 aromatic heterocycles. The van der Waals surface area contributed by atoms with Gasteiger partial charge in [-0.3, -0.25) is 4.79 Å². The summed E-state index contributed by atoms with van der Waals surface area (Å²) in [5.41, 5.74) is 3.12. The van der Waals surface area contributed by atoms with Crippen molar-refractivity contribution in [2.45, 2.75) is 13.8 Å². The van der Waals surface area contributed by atoms with Gasteiger partial charge in [0.25, 0.3) is 5.91 Å². The van der Waals surface area contributed by atoms with Gasteiger partial charge in [-0.05, 0) is 31.5 Å². The van der Waals surface area contributed by atoms with E-state index in [0.29, 0.717) is 11.3 Å². The van der Waals surface area contributed by atoms with Crippen LogP contribution < -0.4 is 5.32 Å². The van der Waals surface area contributed by atoms with Crippen LogP contribution >= 0.6 is 11.3 Å². The summed E-state index contributed by atoms with van der Waals surface area (Å²) in [5, 5.41) is 2.82. The van der Waals surface area contributed by atoms with E-state index in [1.807, 2.05) is 68.4 Å². The maximum Gasteiger partial charge on any atom is 0.339 e. The van der Waals surface area contributed by atoms with E-state index in [1.54, 1.807) is 6.07 Å². The Morgan fingerprint density at radius 2 is 1.69 bits per heavy atom. The summed E-state index contributed by atoms with van der Waals surface area (Å²) in [7, 11) is 0. The summed E-state index contributed by atoms with van der Waals surface area (Å²) in [6.45, 7) is 3.47. The van der Waals surface area contributed by atoms with Crippen LogP contribution in [0, 0.1) is 13.8 Å². The highest BCUT2D eigenvalue weighted by atomic mass is 32.1. The van der Waals surface area contributed by atoms with Crippen molar-refractivity contribution >= 4 is 28.9 Å². The quantitative estimate of drug-likeness (QED) is 0.659. The molecule has 2 aromatic carbocycles. The van der Waals surface area contributed by atoms with Crippen molar-refractivity contribution in [3.8, 4) is 11.1 Å². The molecule has 3 rings (SSSR count). The number of thiophene rings is 1. The number of para-hydroxylation sites is 1. The molecule has 0 fully saturated rings. The summed E-state index contributed by atoms with van der Waals surface area (Å²) < 4.78 is 5.16. The Bertz CT molecular complexity index is 931. The smallest absolute Gasteiger partial charge is 0.339 e. The van der Waals surface area contributed by atoms with Gasteiger partial charge < -0.3 is 10.1 Å². The van der Waals surface area contributed by atoms with E-state index in [4.69, 9.17) is 4.74 Å². The molecular formula is C21H19NO3S. The lowest BCUT2D eigenvalue weighted by Crippen LogP contribution is -2.21. The van der Waals surface area contributed by atoms with Gasteiger partial charge in [-0.15, -0.1) is 11.3 Å². The molecule has 0 radical (unpaired) electrons. The van der Waals surface area contributed by atoms with E-state index in [1.165, 1.54) is 11.3 Å². The van der Waals surface area contributed by atoms with Gasteiger partial charge in [0.1, 0.15) is 0 Å². The number of benzene rings is 2. The number of hydrogen-bond donors (Lipinski definition) is 1. The zero-order valence-electron chi connectivity index (χ0n) is 14.6. The predicted octanol–water partition coefficient (Wildman–Crippen LogP) is 4.83. The Morgan fingerprint density at radius 3 is 2.38 bits per heavy atom. The van der Waals surface area contributed by atoms with E-state index in [2.05, 4.69) is 5.32 Å². The second-order valence-electron chi connectivity index (χ2n) is 5.86.